The number of aryl methyl sites for hydroxylation is 1. The van der Waals surface area contributed by atoms with Gasteiger partial charge in [-0.2, -0.15) is 8.42 Å². The minimum atomic E-state index is -4.02. The molecule has 0 atom stereocenters. The molecule has 3 N–H and O–H groups in total. The Hall–Kier alpha value is -0.950. The Morgan fingerprint density at radius 1 is 0.895 bits per heavy atom. The van der Waals surface area contributed by atoms with Crippen molar-refractivity contribution in [2.75, 3.05) is 13.2 Å². The van der Waals surface area contributed by atoms with Crippen LogP contribution in [-0.4, -0.2) is 36.4 Å². The Morgan fingerprint density at radius 3 is 1.63 bits per heavy atom. The van der Waals surface area contributed by atoms with Crippen LogP contribution in [-0.2, 0) is 10.1 Å². The predicted octanol–water partition coefficient (Wildman–Crippen LogP) is 1.77. The van der Waals surface area contributed by atoms with Crippen molar-refractivity contribution in [3.05, 3.63) is 29.8 Å². The molecule has 110 valence electrons. The van der Waals surface area contributed by atoms with E-state index in [1.165, 1.54) is 12.1 Å². The van der Waals surface area contributed by atoms with E-state index >= 15 is 0 Å². The second-order valence-corrected chi connectivity index (χ2v) is 5.57. The van der Waals surface area contributed by atoms with Crippen LogP contribution in [0.15, 0.2) is 29.2 Å². The Labute approximate surface area is 114 Å². The molecule has 0 aromatic heterocycles. The summed E-state index contributed by atoms with van der Waals surface area (Å²) in [5.41, 5.74) is 0.956. The predicted molar refractivity (Wildman–Crippen MR) is 73.6 cm³/mol. The zero-order valence-corrected chi connectivity index (χ0v) is 11.9. The van der Waals surface area contributed by atoms with Gasteiger partial charge in [0.25, 0.3) is 10.1 Å². The number of hydrogen-bond donors (Lipinski definition) is 3. The number of benzene rings is 1. The van der Waals surface area contributed by atoms with Crippen LogP contribution in [0.4, 0.5) is 0 Å². The molecule has 1 aromatic rings. The highest BCUT2D eigenvalue weighted by molar-refractivity contribution is 7.85. The van der Waals surface area contributed by atoms with Crippen molar-refractivity contribution >= 4 is 10.1 Å². The number of hydrogen-bond acceptors (Lipinski definition) is 4. The first-order valence-electron chi connectivity index (χ1n) is 6.17. The number of aliphatic hydroxyl groups excluding tert-OH is 2. The second kappa shape index (κ2) is 9.91. The summed E-state index contributed by atoms with van der Waals surface area (Å²) in [7, 11) is -4.02. The highest BCUT2D eigenvalue weighted by Gasteiger charge is 2.06. The van der Waals surface area contributed by atoms with Gasteiger partial charge in [-0.1, -0.05) is 30.5 Å². The molecule has 1 aromatic carbocycles. The van der Waals surface area contributed by atoms with Gasteiger partial charge in [0.2, 0.25) is 0 Å². The maximum atomic E-state index is 10.5. The molecule has 1 rings (SSSR count). The van der Waals surface area contributed by atoms with E-state index < -0.39 is 10.1 Å². The SMILES string of the molecule is Cc1ccc(S(=O)(=O)O)cc1.OCCCCCCO. The molecule has 0 spiro atoms. The summed E-state index contributed by atoms with van der Waals surface area (Å²) in [5, 5.41) is 16.6. The van der Waals surface area contributed by atoms with Gasteiger partial charge in [-0.3, -0.25) is 4.55 Å². The Kier molecular flexibility index (Phi) is 9.42. The molecule has 0 bridgehead atoms. The fourth-order valence-corrected chi connectivity index (χ4v) is 1.77. The van der Waals surface area contributed by atoms with Gasteiger partial charge < -0.3 is 10.2 Å². The van der Waals surface area contributed by atoms with Gasteiger partial charge in [0, 0.05) is 13.2 Å². The van der Waals surface area contributed by atoms with Crippen molar-refractivity contribution in [1.82, 2.24) is 0 Å². The second-order valence-electron chi connectivity index (χ2n) is 4.15. The monoisotopic (exact) mass is 290 g/mol. The van der Waals surface area contributed by atoms with Gasteiger partial charge >= 0.3 is 0 Å². The molecule has 0 saturated carbocycles. The van der Waals surface area contributed by atoms with Crippen LogP contribution >= 0.6 is 0 Å². The van der Waals surface area contributed by atoms with Crippen molar-refractivity contribution in [3.8, 4) is 0 Å². The number of aliphatic hydroxyl groups is 2. The fraction of sp³-hybridized carbons (Fsp3) is 0.538. The van der Waals surface area contributed by atoms with Crippen molar-refractivity contribution in [2.24, 2.45) is 0 Å². The quantitative estimate of drug-likeness (QED) is 0.548. The third-order valence-electron chi connectivity index (χ3n) is 2.39. The third kappa shape index (κ3) is 9.61. The van der Waals surface area contributed by atoms with Gasteiger partial charge in [0.1, 0.15) is 0 Å². The summed E-state index contributed by atoms with van der Waals surface area (Å²) in [5.74, 6) is 0. The van der Waals surface area contributed by atoms with Gasteiger partial charge in [-0.05, 0) is 31.9 Å². The van der Waals surface area contributed by atoms with Crippen LogP contribution in [0.25, 0.3) is 0 Å². The van der Waals surface area contributed by atoms with Crippen LogP contribution < -0.4 is 0 Å². The minimum Gasteiger partial charge on any atom is -0.396 e. The first kappa shape index (κ1) is 18.0. The van der Waals surface area contributed by atoms with Gasteiger partial charge in [-0.25, -0.2) is 0 Å². The van der Waals surface area contributed by atoms with Gasteiger partial charge in [0.05, 0.1) is 4.90 Å². The molecule has 0 aliphatic heterocycles. The van der Waals surface area contributed by atoms with Crippen LogP contribution in [0, 0.1) is 6.92 Å². The first-order valence-corrected chi connectivity index (χ1v) is 7.61. The summed E-state index contributed by atoms with van der Waals surface area (Å²) < 4.78 is 29.6. The van der Waals surface area contributed by atoms with Crippen LogP contribution in [0.2, 0.25) is 0 Å². The van der Waals surface area contributed by atoms with E-state index in [1.807, 2.05) is 6.92 Å². The lowest BCUT2D eigenvalue weighted by molar-refractivity contribution is 0.265. The Bertz CT molecular complexity index is 419. The highest BCUT2D eigenvalue weighted by Crippen LogP contribution is 2.08. The average molecular weight is 290 g/mol. The van der Waals surface area contributed by atoms with Crippen molar-refractivity contribution in [2.45, 2.75) is 37.5 Å². The Morgan fingerprint density at radius 2 is 1.32 bits per heavy atom. The smallest absolute Gasteiger partial charge is 0.294 e. The highest BCUT2D eigenvalue weighted by atomic mass is 32.2. The maximum Gasteiger partial charge on any atom is 0.294 e. The molecule has 0 heterocycles. The number of unbranched alkanes of at least 4 members (excludes halogenated alkanes) is 3. The van der Waals surface area contributed by atoms with Crippen LogP contribution in [0.1, 0.15) is 31.2 Å². The van der Waals surface area contributed by atoms with Crippen molar-refractivity contribution < 1.29 is 23.2 Å². The van der Waals surface area contributed by atoms with E-state index in [0.717, 1.165) is 31.2 Å². The minimum absolute atomic E-state index is 0.0666. The average Bonchev–Trinajstić information content (AvgIpc) is 2.35. The molecule has 0 saturated heterocycles. The van der Waals surface area contributed by atoms with Gasteiger partial charge in [-0.15, -0.1) is 0 Å². The molecule has 6 heteroatoms. The van der Waals surface area contributed by atoms with Gasteiger partial charge in [0.15, 0.2) is 0 Å². The molecule has 0 aliphatic carbocycles. The largest absolute Gasteiger partial charge is 0.396 e. The maximum absolute atomic E-state index is 10.5. The molecule has 0 radical (unpaired) electrons. The topological polar surface area (TPSA) is 94.8 Å². The van der Waals surface area contributed by atoms with Crippen LogP contribution in [0.5, 0.6) is 0 Å². The Balaban J connectivity index is 0.000000362. The fourth-order valence-electron chi connectivity index (χ4n) is 1.29. The summed E-state index contributed by atoms with van der Waals surface area (Å²) in [6.45, 7) is 2.41. The first-order chi connectivity index (χ1) is 8.91. The lowest BCUT2D eigenvalue weighted by Crippen LogP contribution is -1.96. The summed E-state index contributed by atoms with van der Waals surface area (Å²) in [6.07, 6.45) is 3.83. The normalized spacial score (nSPS) is 10.7. The van der Waals surface area contributed by atoms with Crippen molar-refractivity contribution in [1.29, 1.82) is 0 Å². The summed E-state index contributed by atoms with van der Waals surface area (Å²) >= 11 is 0. The molecule has 5 nitrogen and oxygen atoms in total. The zero-order chi connectivity index (χ0) is 14.7. The summed E-state index contributed by atoms with van der Waals surface area (Å²) in [6, 6.07) is 5.99. The zero-order valence-electron chi connectivity index (χ0n) is 11.1. The van der Waals surface area contributed by atoms with E-state index in [1.54, 1.807) is 12.1 Å². The van der Waals surface area contributed by atoms with E-state index in [-0.39, 0.29) is 18.1 Å². The molecule has 19 heavy (non-hydrogen) atoms. The van der Waals surface area contributed by atoms with Crippen LogP contribution in [0.3, 0.4) is 0 Å². The number of rotatable bonds is 6. The van der Waals surface area contributed by atoms with E-state index in [0.29, 0.717) is 0 Å². The molecule has 0 fully saturated rings. The lowest BCUT2D eigenvalue weighted by Gasteiger charge is -1.95. The van der Waals surface area contributed by atoms with E-state index in [4.69, 9.17) is 14.8 Å². The molecule has 0 amide bonds. The molecule has 0 unspecified atom stereocenters. The van der Waals surface area contributed by atoms with Crippen molar-refractivity contribution in [3.63, 3.8) is 0 Å². The third-order valence-corrected chi connectivity index (χ3v) is 3.25. The van der Waals surface area contributed by atoms with E-state index in [2.05, 4.69) is 0 Å². The standard InChI is InChI=1S/C7H8O3S.C6H14O2/c1-6-2-4-7(5-3-6)11(8,9)10;7-5-3-1-2-4-6-8/h2-5H,1H3,(H,8,9,10);7-8H,1-6H2. The summed E-state index contributed by atoms with van der Waals surface area (Å²) in [4.78, 5) is -0.0666. The lowest BCUT2D eigenvalue weighted by atomic mass is 10.2. The molecular weight excluding hydrogens is 268 g/mol. The molecular formula is C13H22O5S. The molecule has 0 aliphatic rings. The van der Waals surface area contributed by atoms with E-state index in [9.17, 15) is 8.42 Å².